The number of hydrazone groups is 1. The van der Waals surface area contributed by atoms with Gasteiger partial charge in [0.15, 0.2) is 11.5 Å². The van der Waals surface area contributed by atoms with Gasteiger partial charge in [0, 0.05) is 6.07 Å². The van der Waals surface area contributed by atoms with Crippen molar-refractivity contribution in [2.45, 2.75) is 26.4 Å². The van der Waals surface area contributed by atoms with E-state index in [1.807, 2.05) is 13.8 Å². The van der Waals surface area contributed by atoms with Crippen LogP contribution in [0.4, 0.5) is 17.1 Å². The molecule has 0 aliphatic rings. The first-order valence-electron chi connectivity index (χ1n) is 8.42. The van der Waals surface area contributed by atoms with Crippen LogP contribution in [0.5, 0.6) is 11.5 Å². The summed E-state index contributed by atoms with van der Waals surface area (Å²) in [6.07, 6.45) is 2.34. The highest BCUT2D eigenvalue weighted by Crippen LogP contribution is 2.30. The van der Waals surface area contributed by atoms with Gasteiger partial charge in [0.25, 0.3) is 5.69 Å². The molecule has 10 nitrogen and oxygen atoms in total. The Morgan fingerprint density at radius 1 is 1.14 bits per heavy atom. The van der Waals surface area contributed by atoms with E-state index in [2.05, 4.69) is 10.5 Å². The van der Waals surface area contributed by atoms with Gasteiger partial charge in [0.1, 0.15) is 5.69 Å². The van der Waals surface area contributed by atoms with Gasteiger partial charge in [0.05, 0.1) is 35.3 Å². The van der Waals surface area contributed by atoms with Crippen LogP contribution in [0, 0.1) is 20.2 Å². The molecule has 0 saturated heterocycles. The van der Waals surface area contributed by atoms with Crippen LogP contribution >= 0.6 is 0 Å². The van der Waals surface area contributed by atoms with E-state index in [0.717, 1.165) is 18.6 Å². The van der Waals surface area contributed by atoms with Crippen molar-refractivity contribution in [3.8, 4) is 11.5 Å². The number of benzene rings is 2. The highest BCUT2D eigenvalue weighted by atomic mass is 16.6. The van der Waals surface area contributed by atoms with Crippen LogP contribution in [0.1, 0.15) is 25.8 Å². The highest BCUT2D eigenvalue weighted by Gasteiger charge is 2.19. The number of ether oxygens (including phenoxy) is 2. The maximum Gasteiger partial charge on any atom is 0.301 e. The number of methoxy groups -OCH3 is 1. The van der Waals surface area contributed by atoms with Gasteiger partial charge < -0.3 is 9.47 Å². The SMILES string of the molecule is CC[C@H](C)Oc1ccc(/C=N\Nc2ccc([N+](=O)[O-])cc2[N+](=O)[O-])cc1OC. The third-order valence-corrected chi connectivity index (χ3v) is 3.88. The first-order valence-corrected chi connectivity index (χ1v) is 8.42. The van der Waals surface area contributed by atoms with E-state index in [-0.39, 0.29) is 17.5 Å². The molecule has 1 atom stereocenters. The predicted molar refractivity (Wildman–Crippen MR) is 104 cm³/mol. The van der Waals surface area contributed by atoms with Crippen molar-refractivity contribution < 1.29 is 19.3 Å². The Morgan fingerprint density at radius 2 is 1.89 bits per heavy atom. The van der Waals surface area contributed by atoms with Crippen molar-refractivity contribution in [3.63, 3.8) is 0 Å². The average molecular weight is 388 g/mol. The molecule has 0 amide bonds. The van der Waals surface area contributed by atoms with Gasteiger partial charge in [-0.2, -0.15) is 5.10 Å². The monoisotopic (exact) mass is 388 g/mol. The van der Waals surface area contributed by atoms with Crippen LogP contribution in [0.25, 0.3) is 0 Å². The van der Waals surface area contributed by atoms with E-state index in [1.165, 1.54) is 19.4 Å². The quantitative estimate of drug-likeness (QED) is 0.388. The van der Waals surface area contributed by atoms with Crippen molar-refractivity contribution in [2.24, 2.45) is 5.10 Å². The molecule has 0 unspecified atom stereocenters. The number of nitrogens with one attached hydrogen (secondary N) is 1. The maximum absolute atomic E-state index is 11.1. The lowest BCUT2D eigenvalue weighted by Gasteiger charge is -2.15. The number of hydrogen-bond donors (Lipinski definition) is 1. The minimum absolute atomic E-state index is 0.0375. The van der Waals surface area contributed by atoms with Gasteiger partial charge in [-0.15, -0.1) is 0 Å². The predicted octanol–water partition coefficient (Wildman–Crippen LogP) is 4.13. The molecule has 0 radical (unpaired) electrons. The van der Waals surface area contributed by atoms with Gasteiger partial charge in [-0.05, 0) is 43.2 Å². The zero-order chi connectivity index (χ0) is 20.7. The summed E-state index contributed by atoms with van der Waals surface area (Å²) >= 11 is 0. The smallest absolute Gasteiger partial charge is 0.301 e. The summed E-state index contributed by atoms with van der Waals surface area (Å²) < 4.78 is 11.1. The van der Waals surface area contributed by atoms with Crippen molar-refractivity contribution in [3.05, 3.63) is 62.2 Å². The van der Waals surface area contributed by atoms with Gasteiger partial charge in [-0.3, -0.25) is 25.7 Å². The average Bonchev–Trinajstić information content (AvgIpc) is 2.68. The minimum atomic E-state index is -0.713. The topological polar surface area (TPSA) is 129 Å². The summed E-state index contributed by atoms with van der Waals surface area (Å²) in [6, 6.07) is 8.50. The maximum atomic E-state index is 11.1. The van der Waals surface area contributed by atoms with E-state index in [0.29, 0.717) is 17.1 Å². The Morgan fingerprint density at radius 3 is 2.50 bits per heavy atom. The molecule has 0 aliphatic carbocycles. The molecule has 2 aromatic rings. The minimum Gasteiger partial charge on any atom is -0.493 e. The van der Waals surface area contributed by atoms with Gasteiger partial charge >= 0.3 is 5.69 Å². The Kier molecular flexibility index (Phi) is 6.85. The van der Waals surface area contributed by atoms with Gasteiger partial charge in [-0.1, -0.05) is 6.92 Å². The first kappa shape index (κ1) is 20.6. The van der Waals surface area contributed by atoms with Crippen LogP contribution in [0.2, 0.25) is 0 Å². The molecule has 2 rings (SSSR count). The Balaban J connectivity index is 2.18. The second kappa shape index (κ2) is 9.31. The molecule has 2 aromatic carbocycles. The third-order valence-electron chi connectivity index (χ3n) is 3.88. The lowest BCUT2D eigenvalue weighted by Crippen LogP contribution is -2.10. The van der Waals surface area contributed by atoms with E-state index in [1.54, 1.807) is 18.2 Å². The third kappa shape index (κ3) is 5.16. The summed E-state index contributed by atoms with van der Waals surface area (Å²) in [5.41, 5.74) is 2.43. The molecular weight excluding hydrogens is 368 g/mol. The zero-order valence-electron chi connectivity index (χ0n) is 15.6. The van der Waals surface area contributed by atoms with Crippen LogP contribution in [-0.4, -0.2) is 29.3 Å². The molecule has 0 aromatic heterocycles. The summed E-state index contributed by atoms with van der Waals surface area (Å²) in [4.78, 5) is 20.5. The molecule has 148 valence electrons. The molecule has 0 spiro atoms. The highest BCUT2D eigenvalue weighted by molar-refractivity contribution is 5.82. The fraction of sp³-hybridized carbons (Fsp3) is 0.278. The standard InChI is InChI=1S/C18H20N4O6/c1-4-12(2)28-17-8-5-13(9-18(17)27-3)11-19-20-15-7-6-14(21(23)24)10-16(15)22(25)26/h5-12,20H,4H2,1-3H3/b19-11-/t12-/m0/s1. The fourth-order valence-corrected chi connectivity index (χ4v) is 2.22. The number of nitro benzene ring substituents is 2. The van der Waals surface area contributed by atoms with E-state index < -0.39 is 15.5 Å². The van der Waals surface area contributed by atoms with E-state index in [9.17, 15) is 20.2 Å². The fourth-order valence-electron chi connectivity index (χ4n) is 2.22. The molecule has 0 aliphatic heterocycles. The Bertz CT molecular complexity index is 900. The number of nitro groups is 2. The number of hydrogen-bond acceptors (Lipinski definition) is 8. The Labute approximate surface area is 161 Å². The van der Waals surface area contributed by atoms with Crippen LogP contribution in [0.15, 0.2) is 41.5 Å². The lowest BCUT2D eigenvalue weighted by molar-refractivity contribution is -0.393. The van der Waals surface area contributed by atoms with E-state index in [4.69, 9.17) is 9.47 Å². The van der Waals surface area contributed by atoms with Crippen LogP contribution < -0.4 is 14.9 Å². The number of non-ortho nitro benzene ring substituents is 1. The summed E-state index contributed by atoms with van der Waals surface area (Å²) in [5, 5.41) is 25.9. The summed E-state index contributed by atoms with van der Waals surface area (Å²) in [6.45, 7) is 3.97. The molecule has 10 heteroatoms. The molecule has 0 fully saturated rings. The molecule has 1 N–H and O–H groups in total. The second-order valence-electron chi connectivity index (χ2n) is 5.83. The molecular formula is C18H20N4O6. The largest absolute Gasteiger partial charge is 0.493 e. The Hall–Kier alpha value is -3.69. The molecule has 28 heavy (non-hydrogen) atoms. The zero-order valence-corrected chi connectivity index (χ0v) is 15.6. The number of anilines is 1. The first-order chi connectivity index (χ1) is 13.3. The van der Waals surface area contributed by atoms with E-state index >= 15 is 0 Å². The van der Waals surface area contributed by atoms with Gasteiger partial charge in [-0.25, -0.2) is 0 Å². The van der Waals surface area contributed by atoms with Crippen molar-refractivity contribution >= 4 is 23.3 Å². The molecule has 0 bridgehead atoms. The normalized spacial score (nSPS) is 11.8. The van der Waals surface area contributed by atoms with Gasteiger partial charge in [0.2, 0.25) is 0 Å². The molecule has 0 saturated carbocycles. The second-order valence-corrected chi connectivity index (χ2v) is 5.83. The molecule has 0 heterocycles. The van der Waals surface area contributed by atoms with Crippen LogP contribution in [-0.2, 0) is 0 Å². The van der Waals surface area contributed by atoms with Crippen molar-refractivity contribution in [1.82, 2.24) is 0 Å². The summed E-state index contributed by atoms with van der Waals surface area (Å²) in [7, 11) is 1.53. The van der Waals surface area contributed by atoms with Crippen molar-refractivity contribution in [1.29, 1.82) is 0 Å². The van der Waals surface area contributed by atoms with Crippen LogP contribution in [0.3, 0.4) is 0 Å². The summed E-state index contributed by atoms with van der Waals surface area (Å²) in [5.74, 6) is 1.14. The lowest BCUT2D eigenvalue weighted by atomic mass is 10.2. The number of rotatable bonds is 9. The number of nitrogens with zero attached hydrogens (tertiary/aromatic N) is 3. The van der Waals surface area contributed by atoms with Crippen molar-refractivity contribution in [2.75, 3.05) is 12.5 Å².